The normalized spacial score (nSPS) is 28.0. The van der Waals surface area contributed by atoms with Crippen molar-refractivity contribution in [2.24, 2.45) is 0 Å². The molecule has 0 saturated carbocycles. The Balaban J connectivity index is 0.000000151. The van der Waals surface area contributed by atoms with E-state index in [0.29, 0.717) is 19.6 Å². The van der Waals surface area contributed by atoms with Crippen LogP contribution < -0.4 is 10.6 Å². The van der Waals surface area contributed by atoms with Crippen LogP contribution in [0.3, 0.4) is 0 Å². The number of halogens is 4. The van der Waals surface area contributed by atoms with E-state index < -0.39 is 11.8 Å². The highest BCUT2D eigenvalue weighted by Gasteiger charge is 2.32. The summed E-state index contributed by atoms with van der Waals surface area (Å²) in [7, 11) is 0. The first-order valence-electron chi connectivity index (χ1n) is 5.08. The average Bonchev–Trinajstić information content (AvgIpc) is 2.51. The molecule has 90 valence electrons. The molecule has 6 heteroatoms. The van der Waals surface area contributed by atoms with Crippen LogP contribution in [-0.2, 0) is 0 Å². The molecule has 2 saturated heterocycles. The molecule has 2 rings (SSSR count). The summed E-state index contributed by atoms with van der Waals surface area (Å²) < 4.78 is 48.1. The standard InChI is InChI=1S/C5H9F2N.C4H7F2N/c6-5(7)1-3-8-4-2-5;5-4(6)1-2-7-3-4/h8H,1-4H2;7H,1-3H2. The van der Waals surface area contributed by atoms with Gasteiger partial charge in [0.2, 0.25) is 0 Å². The van der Waals surface area contributed by atoms with Crippen LogP contribution in [0.2, 0.25) is 0 Å². The lowest BCUT2D eigenvalue weighted by atomic mass is 10.1. The Morgan fingerprint density at radius 3 is 1.33 bits per heavy atom. The van der Waals surface area contributed by atoms with Gasteiger partial charge < -0.3 is 10.6 Å². The molecule has 0 amide bonds. The Morgan fingerprint density at radius 1 is 0.667 bits per heavy atom. The molecule has 0 atom stereocenters. The van der Waals surface area contributed by atoms with Crippen molar-refractivity contribution in [1.29, 1.82) is 0 Å². The van der Waals surface area contributed by atoms with Gasteiger partial charge in [-0.15, -0.1) is 0 Å². The van der Waals surface area contributed by atoms with Gasteiger partial charge in [0.25, 0.3) is 11.8 Å². The molecule has 2 nitrogen and oxygen atoms in total. The van der Waals surface area contributed by atoms with Crippen LogP contribution in [0.25, 0.3) is 0 Å². The lowest BCUT2D eigenvalue weighted by Crippen LogP contribution is -2.35. The Hall–Kier alpha value is -0.360. The maximum Gasteiger partial charge on any atom is 0.261 e. The van der Waals surface area contributed by atoms with Gasteiger partial charge in [-0.2, -0.15) is 0 Å². The Kier molecular flexibility index (Phi) is 4.33. The zero-order valence-corrected chi connectivity index (χ0v) is 8.46. The van der Waals surface area contributed by atoms with Gasteiger partial charge in [0, 0.05) is 38.9 Å². The van der Waals surface area contributed by atoms with Gasteiger partial charge in [-0.25, -0.2) is 17.6 Å². The second-order valence-corrected chi connectivity index (χ2v) is 3.89. The quantitative estimate of drug-likeness (QED) is 0.616. The summed E-state index contributed by atoms with van der Waals surface area (Å²) in [4.78, 5) is 0. The number of piperidine rings is 1. The van der Waals surface area contributed by atoms with Crippen molar-refractivity contribution < 1.29 is 17.6 Å². The van der Waals surface area contributed by atoms with Crippen LogP contribution in [-0.4, -0.2) is 38.0 Å². The Morgan fingerprint density at radius 2 is 1.13 bits per heavy atom. The van der Waals surface area contributed by atoms with E-state index >= 15 is 0 Å². The highest BCUT2D eigenvalue weighted by atomic mass is 19.3. The largest absolute Gasteiger partial charge is 0.316 e. The van der Waals surface area contributed by atoms with Crippen molar-refractivity contribution in [3.63, 3.8) is 0 Å². The molecule has 2 N–H and O–H groups in total. The van der Waals surface area contributed by atoms with Crippen LogP contribution in [0, 0.1) is 0 Å². The number of hydrogen-bond acceptors (Lipinski definition) is 2. The highest BCUT2D eigenvalue weighted by Crippen LogP contribution is 2.23. The summed E-state index contributed by atoms with van der Waals surface area (Å²) in [6, 6.07) is 0. The molecule has 0 bridgehead atoms. The predicted molar refractivity (Wildman–Crippen MR) is 49.5 cm³/mol. The summed E-state index contributed by atoms with van der Waals surface area (Å²) in [5.74, 6) is -4.80. The summed E-state index contributed by atoms with van der Waals surface area (Å²) in [5, 5.41) is 5.42. The first-order chi connectivity index (χ1) is 6.91. The first-order valence-corrected chi connectivity index (χ1v) is 5.08. The summed E-state index contributed by atoms with van der Waals surface area (Å²) in [5.41, 5.74) is 0. The highest BCUT2D eigenvalue weighted by molar-refractivity contribution is 4.77. The lowest BCUT2D eigenvalue weighted by Gasteiger charge is -2.21. The molecule has 0 unspecified atom stereocenters. The fourth-order valence-electron chi connectivity index (χ4n) is 1.42. The monoisotopic (exact) mass is 228 g/mol. The zero-order valence-electron chi connectivity index (χ0n) is 8.46. The van der Waals surface area contributed by atoms with Crippen LogP contribution in [0.1, 0.15) is 19.3 Å². The molecule has 0 aliphatic carbocycles. The number of nitrogens with one attached hydrogen (secondary N) is 2. The van der Waals surface area contributed by atoms with E-state index in [4.69, 9.17) is 0 Å². The van der Waals surface area contributed by atoms with E-state index in [2.05, 4.69) is 10.6 Å². The van der Waals surface area contributed by atoms with Crippen molar-refractivity contribution in [3.8, 4) is 0 Å². The Labute approximate surface area is 86.4 Å². The van der Waals surface area contributed by atoms with Gasteiger partial charge in [0.05, 0.1) is 6.54 Å². The minimum atomic E-state index is -2.42. The zero-order chi connectivity index (χ0) is 11.4. The third-order valence-electron chi connectivity index (χ3n) is 2.39. The van der Waals surface area contributed by atoms with Gasteiger partial charge in [-0.05, 0) is 0 Å². The van der Waals surface area contributed by atoms with Crippen molar-refractivity contribution in [2.75, 3.05) is 26.2 Å². The second kappa shape index (κ2) is 5.12. The molecule has 0 spiro atoms. The maximum atomic E-state index is 12.2. The van der Waals surface area contributed by atoms with Crippen molar-refractivity contribution >= 4 is 0 Å². The summed E-state index contributed by atoms with van der Waals surface area (Å²) in [6.07, 6.45) is 0.0208. The molecule has 2 fully saturated rings. The maximum absolute atomic E-state index is 12.2. The number of rotatable bonds is 0. The van der Waals surface area contributed by atoms with E-state index in [0.717, 1.165) is 0 Å². The van der Waals surface area contributed by atoms with Gasteiger partial charge in [-0.1, -0.05) is 0 Å². The molecule has 0 aromatic heterocycles. The van der Waals surface area contributed by atoms with E-state index in [9.17, 15) is 17.6 Å². The van der Waals surface area contributed by atoms with Crippen LogP contribution >= 0.6 is 0 Å². The van der Waals surface area contributed by atoms with E-state index in [1.807, 2.05) is 0 Å². The summed E-state index contributed by atoms with van der Waals surface area (Å²) in [6.45, 7) is 1.26. The molecule has 2 aliphatic heterocycles. The van der Waals surface area contributed by atoms with E-state index in [-0.39, 0.29) is 25.8 Å². The van der Waals surface area contributed by atoms with Crippen LogP contribution in [0.15, 0.2) is 0 Å². The molecular weight excluding hydrogens is 212 g/mol. The SMILES string of the molecule is FC1(F)CCNC1.FC1(F)CCNCC1. The lowest BCUT2D eigenvalue weighted by molar-refractivity contribution is -0.0274. The number of alkyl halides is 4. The summed E-state index contributed by atoms with van der Waals surface area (Å²) >= 11 is 0. The molecular formula is C9H16F4N2. The van der Waals surface area contributed by atoms with Crippen molar-refractivity contribution in [1.82, 2.24) is 10.6 Å². The second-order valence-electron chi connectivity index (χ2n) is 3.89. The van der Waals surface area contributed by atoms with Gasteiger partial charge in [0.1, 0.15) is 0 Å². The van der Waals surface area contributed by atoms with Crippen molar-refractivity contribution in [3.05, 3.63) is 0 Å². The minimum absolute atomic E-state index is 0.00694. The molecule has 2 heterocycles. The van der Waals surface area contributed by atoms with E-state index in [1.54, 1.807) is 0 Å². The molecule has 2 aliphatic rings. The topological polar surface area (TPSA) is 24.1 Å². The third kappa shape index (κ3) is 5.32. The first kappa shape index (κ1) is 12.7. The Bertz CT molecular complexity index is 181. The van der Waals surface area contributed by atoms with Gasteiger partial charge in [-0.3, -0.25) is 0 Å². The van der Waals surface area contributed by atoms with Crippen LogP contribution in [0.4, 0.5) is 17.6 Å². The van der Waals surface area contributed by atoms with Gasteiger partial charge >= 0.3 is 0 Å². The molecule has 0 aromatic rings. The van der Waals surface area contributed by atoms with Crippen LogP contribution in [0.5, 0.6) is 0 Å². The van der Waals surface area contributed by atoms with Crippen molar-refractivity contribution in [2.45, 2.75) is 31.1 Å². The van der Waals surface area contributed by atoms with Gasteiger partial charge in [0.15, 0.2) is 0 Å². The fourth-order valence-corrected chi connectivity index (χ4v) is 1.42. The van der Waals surface area contributed by atoms with E-state index in [1.165, 1.54) is 0 Å². The third-order valence-corrected chi connectivity index (χ3v) is 2.39. The fraction of sp³-hybridized carbons (Fsp3) is 1.00. The molecule has 0 aromatic carbocycles. The predicted octanol–water partition coefficient (Wildman–Crippen LogP) is 1.62. The molecule has 0 radical (unpaired) electrons. The average molecular weight is 228 g/mol. The number of hydrogen-bond donors (Lipinski definition) is 2. The smallest absolute Gasteiger partial charge is 0.261 e. The minimum Gasteiger partial charge on any atom is -0.316 e. The molecule has 15 heavy (non-hydrogen) atoms.